The molecular weight excluding hydrogens is 620 g/mol. The molecule has 238 valence electrons. The van der Waals surface area contributed by atoms with Crippen molar-refractivity contribution in [3.8, 4) is 5.75 Å². The molecular formula is C35H31ClN6O5. The molecule has 3 aliphatic rings. The van der Waals surface area contributed by atoms with Crippen LogP contribution in [0.1, 0.15) is 59.5 Å². The van der Waals surface area contributed by atoms with E-state index >= 15 is 0 Å². The van der Waals surface area contributed by atoms with Crippen LogP contribution in [0.5, 0.6) is 5.75 Å². The summed E-state index contributed by atoms with van der Waals surface area (Å²) < 4.78 is 7.57. The molecule has 0 radical (unpaired) electrons. The molecule has 12 heteroatoms. The number of rotatable bonds is 8. The fourth-order valence-corrected chi connectivity index (χ4v) is 6.84. The number of carbonyl (C=O) groups excluding carboxylic acids is 2. The molecule has 3 fully saturated rings. The monoisotopic (exact) mass is 650 g/mol. The van der Waals surface area contributed by atoms with Crippen LogP contribution in [0.4, 0.5) is 21.0 Å². The molecule has 1 saturated heterocycles. The molecule has 5 aromatic rings. The number of hydrogen-bond acceptors (Lipinski definition) is 6. The lowest BCUT2D eigenvalue weighted by atomic mass is 10.1. The van der Waals surface area contributed by atoms with Gasteiger partial charge in [0, 0.05) is 53.2 Å². The maximum atomic E-state index is 12.9. The van der Waals surface area contributed by atoms with Crippen molar-refractivity contribution in [3.05, 3.63) is 94.5 Å². The highest BCUT2D eigenvalue weighted by Gasteiger charge is 2.41. The van der Waals surface area contributed by atoms with Crippen LogP contribution in [-0.2, 0) is 11.3 Å². The quantitative estimate of drug-likeness (QED) is 0.184. The highest BCUT2D eigenvalue weighted by molar-refractivity contribution is 6.30. The number of anilines is 2. The summed E-state index contributed by atoms with van der Waals surface area (Å²) in [5.41, 5.74) is 5.70. The molecule has 47 heavy (non-hydrogen) atoms. The summed E-state index contributed by atoms with van der Waals surface area (Å²) in [5, 5.41) is 11.8. The predicted molar refractivity (Wildman–Crippen MR) is 177 cm³/mol. The van der Waals surface area contributed by atoms with Crippen LogP contribution in [-0.4, -0.2) is 63.1 Å². The minimum Gasteiger partial charge on any atom is -0.496 e. The van der Waals surface area contributed by atoms with Crippen molar-refractivity contribution in [3.63, 3.8) is 0 Å². The first-order valence-electron chi connectivity index (χ1n) is 15.5. The zero-order valence-electron chi connectivity index (χ0n) is 25.8. The third kappa shape index (κ3) is 5.20. The minimum atomic E-state index is -1.14. The van der Waals surface area contributed by atoms with Gasteiger partial charge in [0.1, 0.15) is 12.3 Å². The van der Waals surface area contributed by atoms with E-state index in [1.54, 1.807) is 25.4 Å². The minimum absolute atomic E-state index is 0.0379. The predicted octanol–water partition coefficient (Wildman–Crippen LogP) is 6.78. The largest absolute Gasteiger partial charge is 0.496 e. The summed E-state index contributed by atoms with van der Waals surface area (Å²) in [5.74, 6) is 1.28. The van der Waals surface area contributed by atoms with Gasteiger partial charge in [-0.1, -0.05) is 23.7 Å². The molecule has 0 bridgehead atoms. The molecule has 4 heterocycles. The topological polar surface area (TPSA) is 121 Å². The Bertz CT molecular complexity index is 2130. The summed E-state index contributed by atoms with van der Waals surface area (Å²) in [7, 11) is 3.08. The average molecular weight is 651 g/mol. The maximum Gasteiger partial charge on any atom is 0.412 e. The van der Waals surface area contributed by atoms with Crippen molar-refractivity contribution in [2.24, 2.45) is 0 Å². The van der Waals surface area contributed by atoms with E-state index in [0.29, 0.717) is 50.8 Å². The Labute approximate surface area is 274 Å². The number of imidazole rings is 1. The Morgan fingerprint density at radius 2 is 1.87 bits per heavy atom. The number of fused-ring (bicyclic) bond motifs is 2. The van der Waals surface area contributed by atoms with Crippen LogP contribution in [0.3, 0.4) is 0 Å². The number of likely N-dealkylation sites (N-methyl/N-ethyl adjacent to an activating group) is 1. The zero-order chi connectivity index (χ0) is 32.6. The van der Waals surface area contributed by atoms with Crippen LogP contribution in [0.2, 0.25) is 5.02 Å². The Morgan fingerprint density at radius 1 is 1.04 bits per heavy atom. The van der Waals surface area contributed by atoms with Gasteiger partial charge in [0.05, 0.1) is 30.6 Å². The van der Waals surface area contributed by atoms with Gasteiger partial charge in [0.25, 0.3) is 0 Å². The second-order valence-electron chi connectivity index (χ2n) is 12.5. The number of hydrogen-bond donors (Lipinski definition) is 1. The van der Waals surface area contributed by atoms with Crippen LogP contribution < -0.4 is 14.5 Å². The third-order valence-corrected chi connectivity index (χ3v) is 9.67. The fraction of sp³-hybridized carbons (Fsp3) is 0.286. The van der Waals surface area contributed by atoms with Crippen molar-refractivity contribution in [2.75, 3.05) is 30.5 Å². The van der Waals surface area contributed by atoms with Crippen LogP contribution in [0, 0.1) is 0 Å². The first-order valence-corrected chi connectivity index (χ1v) is 15.9. The summed E-state index contributed by atoms with van der Waals surface area (Å²) in [6.45, 7) is -0.109. The summed E-state index contributed by atoms with van der Waals surface area (Å²) in [4.78, 5) is 51.5. The normalized spacial score (nSPS) is 19.2. The van der Waals surface area contributed by atoms with Crippen molar-refractivity contribution >= 4 is 57.6 Å². The van der Waals surface area contributed by atoms with Gasteiger partial charge in [-0.25, -0.2) is 14.6 Å². The van der Waals surface area contributed by atoms with Crippen molar-refractivity contribution in [1.82, 2.24) is 19.3 Å². The molecule has 3 aromatic heterocycles. The van der Waals surface area contributed by atoms with Crippen molar-refractivity contribution in [1.29, 1.82) is 0 Å². The number of benzene rings is 2. The van der Waals surface area contributed by atoms with Gasteiger partial charge in [0.15, 0.2) is 5.65 Å². The van der Waals surface area contributed by atoms with Crippen LogP contribution in [0.15, 0.2) is 67.0 Å². The van der Waals surface area contributed by atoms with Gasteiger partial charge >= 0.3 is 12.1 Å². The van der Waals surface area contributed by atoms with Crippen molar-refractivity contribution < 1.29 is 24.2 Å². The molecule has 0 unspecified atom stereocenters. The summed E-state index contributed by atoms with van der Waals surface area (Å²) in [6.07, 6.45) is 5.67. The summed E-state index contributed by atoms with van der Waals surface area (Å²) in [6, 6.07) is 16.7. The average Bonchev–Trinajstić information content (AvgIpc) is 3.99. The lowest BCUT2D eigenvalue weighted by Gasteiger charge is -2.19. The van der Waals surface area contributed by atoms with E-state index in [2.05, 4.69) is 6.07 Å². The number of carboxylic acid groups (broad SMARTS) is 1. The van der Waals surface area contributed by atoms with E-state index in [0.717, 1.165) is 40.8 Å². The van der Waals surface area contributed by atoms with Gasteiger partial charge in [-0.15, -0.1) is 0 Å². The van der Waals surface area contributed by atoms with Gasteiger partial charge in [-0.2, -0.15) is 0 Å². The van der Waals surface area contributed by atoms with E-state index in [-0.39, 0.29) is 24.9 Å². The number of pyridine rings is 2. The second kappa shape index (κ2) is 11.0. The van der Waals surface area contributed by atoms with Gasteiger partial charge in [-0.05, 0) is 78.6 Å². The second-order valence-corrected chi connectivity index (χ2v) is 13.0. The molecule has 2 saturated carbocycles. The number of urea groups is 1. The van der Waals surface area contributed by atoms with Crippen LogP contribution >= 0.6 is 11.6 Å². The number of carbonyl (C=O) groups is 3. The third-order valence-electron chi connectivity index (χ3n) is 9.43. The number of amides is 4. The summed E-state index contributed by atoms with van der Waals surface area (Å²) >= 11 is 6.24. The van der Waals surface area contributed by atoms with E-state index in [9.17, 15) is 19.5 Å². The fourth-order valence-electron chi connectivity index (χ4n) is 6.64. The molecule has 1 N–H and O–H groups in total. The number of imide groups is 1. The number of ether oxygens (including phenoxy) is 1. The Kier molecular flexibility index (Phi) is 6.83. The van der Waals surface area contributed by atoms with Gasteiger partial charge in [-0.3, -0.25) is 24.5 Å². The highest BCUT2D eigenvalue weighted by atomic mass is 35.5. The SMILES string of the molecule is COc1cc([C@H]2C[C@@H]2c2cccc(Cl)c2)nc2cc(N(Cc3cn4cc(C5CC5)cc(N5CC(=O)N(C)C5=O)c4n3)C(=O)O)ccc12. The molecule has 8 rings (SSSR count). The van der Waals surface area contributed by atoms with Crippen LogP contribution in [0.25, 0.3) is 16.6 Å². The number of halogens is 1. The molecule has 1 aliphatic heterocycles. The Hall–Kier alpha value is -5.16. The van der Waals surface area contributed by atoms with Gasteiger partial charge in [0.2, 0.25) is 5.91 Å². The highest BCUT2D eigenvalue weighted by Crippen LogP contribution is 2.55. The molecule has 4 amide bonds. The van der Waals surface area contributed by atoms with E-state index in [1.165, 1.54) is 22.4 Å². The molecule has 11 nitrogen and oxygen atoms in total. The maximum absolute atomic E-state index is 12.9. The van der Waals surface area contributed by atoms with E-state index in [4.69, 9.17) is 26.3 Å². The Morgan fingerprint density at radius 3 is 2.57 bits per heavy atom. The first kappa shape index (κ1) is 29.3. The van der Waals surface area contributed by atoms with E-state index < -0.39 is 12.1 Å². The first-order chi connectivity index (χ1) is 22.7. The lowest BCUT2D eigenvalue weighted by Crippen LogP contribution is -2.30. The Balaban J connectivity index is 1.13. The molecule has 0 spiro atoms. The molecule has 2 atom stereocenters. The zero-order valence-corrected chi connectivity index (χ0v) is 26.5. The smallest absolute Gasteiger partial charge is 0.412 e. The standard InChI is InChI=1S/C35H31ClN6O5/c1-39-32(43)18-42(34(39)44)30-11-21(19-6-7-19)15-40-16-23(37-33(30)40)17-41(35(45)46)24-8-9-25-28(12-24)38-29(14-31(25)47-2)27-13-26(27)20-4-3-5-22(36)10-20/h3-5,8-12,14-16,19,26-27H,6-7,13,17-18H2,1-2H3,(H,45,46)/t26-,27+/m1/s1. The number of methoxy groups -OCH3 is 1. The number of nitrogens with zero attached hydrogens (tertiary/aromatic N) is 6. The van der Waals surface area contributed by atoms with Gasteiger partial charge < -0.3 is 14.2 Å². The molecule has 2 aliphatic carbocycles. The van der Waals surface area contributed by atoms with E-state index in [1.807, 2.05) is 47.0 Å². The lowest BCUT2D eigenvalue weighted by molar-refractivity contribution is -0.123. The van der Waals surface area contributed by atoms with Crippen molar-refractivity contribution in [2.45, 2.75) is 43.6 Å². The number of aromatic nitrogens is 3. The molecule has 2 aromatic carbocycles.